The standard InChI is InChI=1S/C12H17N6O2/c1-5-18-11-13-9-8(17(11)6-7(2)14-18)10(19)16(4)12(20)15(9)3/h8H,5-6H2,1-4H3/q+1. The van der Waals surface area contributed by atoms with Crippen molar-refractivity contribution in [3.8, 4) is 0 Å². The predicted molar refractivity (Wildman–Crippen MR) is 72.8 cm³/mol. The topological polar surface area (TPSA) is 71.6 Å². The Morgan fingerprint density at radius 2 is 2.00 bits per heavy atom. The van der Waals surface area contributed by atoms with E-state index in [2.05, 4.69) is 10.1 Å². The molecule has 3 heterocycles. The molecule has 0 aromatic rings. The highest BCUT2D eigenvalue weighted by Crippen LogP contribution is 2.21. The second-order valence-corrected chi connectivity index (χ2v) is 5.09. The van der Waals surface area contributed by atoms with Crippen LogP contribution in [0.3, 0.4) is 0 Å². The van der Waals surface area contributed by atoms with Crippen LogP contribution in [0.5, 0.6) is 0 Å². The van der Waals surface area contributed by atoms with E-state index in [9.17, 15) is 9.59 Å². The number of likely N-dealkylation sites (N-methyl/N-ethyl adjacent to an activating group) is 2. The Morgan fingerprint density at radius 3 is 2.65 bits per heavy atom. The number of carbonyl (C=O) groups excluding carboxylic acids is 2. The summed E-state index contributed by atoms with van der Waals surface area (Å²) in [6, 6.07) is -0.886. The Morgan fingerprint density at radius 1 is 1.30 bits per heavy atom. The van der Waals surface area contributed by atoms with Gasteiger partial charge in [-0.1, -0.05) is 4.99 Å². The monoisotopic (exact) mass is 277 g/mol. The molecule has 3 aliphatic rings. The van der Waals surface area contributed by atoms with Crippen molar-refractivity contribution in [3.05, 3.63) is 0 Å². The van der Waals surface area contributed by atoms with Crippen molar-refractivity contribution < 1.29 is 14.2 Å². The molecule has 0 aliphatic carbocycles. The zero-order valence-corrected chi connectivity index (χ0v) is 12.0. The molecule has 3 aliphatic heterocycles. The highest BCUT2D eigenvalue weighted by atomic mass is 16.2. The van der Waals surface area contributed by atoms with Gasteiger partial charge in [-0.05, 0) is 13.8 Å². The van der Waals surface area contributed by atoms with Gasteiger partial charge >= 0.3 is 12.0 Å². The summed E-state index contributed by atoms with van der Waals surface area (Å²) >= 11 is 0. The molecule has 3 rings (SSSR count). The minimum Gasteiger partial charge on any atom is -0.270 e. The van der Waals surface area contributed by atoms with Crippen LogP contribution in [0.25, 0.3) is 0 Å². The Hall–Kier alpha value is -2.25. The lowest BCUT2D eigenvalue weighted by Crippen LogP contribution is -2.62. The van der Waals surface area contributed by atoms with Gasteiger partial charge in [-0.15, -0.1) is 10.1 Å². The van der Waals surface area contributed by atoms with Gasteiger partial charge in [-0.3, -0.25) is 14.6 Å². The van der Waals surface area contributed by atoms with Gasteiger partial charge in [0.15, 0.2) is 0 Å². The molecule has 0 bridgehead atoms. The molecule has 3 amide bonds. The lowest BCUT2D eigenvalue weighted by molar-refractivity contribution is -0.527. The number of carbonyl (C=O) groups is 2. The van der Waals surface area contributed by atoms with E-state index in [0.29, 0.717) is 24.9 Å². The Kier molecular flexibility index (Phi) is 2.63. The summed E-state index contributed by atoms with van der Waals surface area (Å²) < 4.78 is 1.91. The number of rotatable bonds is 1. The normalized spacial score (nSPS) is 25.8. The summed E-state index contributed by atoms with van der Waals surface area (Å²) in [6.07, 6.45) is 0. The van der Waals surface area contributed by atoms with E-state index in [1.54, 1.807) is 12.1 Å². The van der Waals surface area contributed by atoms with Gasteiger partial charge in [-0.2, -0.15) is 0 Å². The summed E-state index contributed by atoms with van der Waals surface area (Å²) in [6.45, 7) is 5.10. The first-order chi connectivity index (χ1) is 9.45. The van der Waals surface area contributed by atoms with Crippen molar-refractivity contribution in [2.24, 2.45) is 10.1 Å². The maximum Gasteiger partial charge on any atom is 0.416 e. The first-order valence-corrected chi connectivity index (χ1v) is 6.54. The van der Waals surface area contributed by atoms with E-state index in [0.717, 1.165) is 10.6 Å². The number of amides is 3. The van der Waals surface area contributed by atoms with Crippen LogP contribution in [0.4, 0.5) is 4.79 Å². The number of aliphatic imine (C=N–C) groups is 1. The fourth-order valence-corrected chi connectivity index (χ4v) is 2.69. The predicted octanol–water partition coefficient (Wildman–Crippen LogP) is -0.629. The third-order valence-corrected chi connectivity index (χ3v) is 3.73. The molecule has 8 heteroatoms. The molecule has 0 N–H and O–H groups in total. The maximum absolute atomic E-state index is 12.4. The van der Waals surface area contributed by atoms with Crippen molar-refractivity contribution in [1.82, 2.24) is 14.8 Å². The fourth-order valence-electron chi connectivity index (χ4n) is 2.69. The second-order valence-electron chi connectivity index (χ2n) is 5.09. The maximum atomic E-state index is 12.4. The van der Waals surface area contributed by atoms with Gasteiger partial charge in [0, 0.05) is 14.1 Å². The van der Waals surface area contributed by atoms with Crippen molar-refractivity contribution in [2.45, 2.75) is 19.9 Å². The third-order valence-electron chi connectivity index (χ3n) is 3.73. The molecule has 1 fully saturated rings. The third kappa shape index (κ3) is 1.50. The first kappa shape index (κ1) is 12.8. The molecule has 20 heavy (non-hydrogen) atoms. The molecule has 0 saturated carbocycles. The molecule has 0 spiro atoms. The van der Waals surface area contributed by atoms with Crippen LogP contribution in [0.1, 0.15) is 13.8 Å². The van der Waals surface area contributed by atoms with Crippen LogP contribution in [0.15, 0.2) is 10.1 Å². The number of fused-ring (bicyclic) bond motifs is 2. The Balaban J connectivity index is 2.08. The Labute approximate surface area is 116 Å². The number of imide groups is 1. The van der Waals surface area contributed by atoms with Crippen LogP contribution in [0, 0.1) is 0 Å². The smallest absolute Gasteiger partial charge is 0.270 e. The number of nitrogens with zero attached hydrogens (tertiary/aromatic N) is 6. The lowest BCUT2D eigenvalue weighted by Gasteiger charge is -2.32. The second kappa shape index (κ2) is 4.12. The van der Waals surface area contributed by atoms with Gasteiger partial charge in [0.1, 0.15) is 6.54 Å². The van der Waals surface area contributed by atoms with E-state index in [1.165, 1.54) is 11.9 Å². The van der Waals surface area contributed by atoms with Crippen LogP contribution in [0.2, 0.25) is 0 Å². The van der Waals surface area contributed by atoms with Gasteiger partial charge < -0.3 is 0 Å². The summed E-state index contributed by atoms with van der Waals surface area (Å²) in [5.74, 6) is 0.880. The van der Waals surface area contributed by atoms with E-state index < -0.39 is 6.04 Å². The molecular weight excluding hydrogens is 260 g/mol. The number of urea groups is 1. The van der Waals surface area contributed by atoms with Crippen LogP contribution in [-0.4, -0.2) is 82.1 Å². The Bertz CT molecular complexity index is 605. The molecular formula is C12H17N6O2+. The summed E-state index contributed by atoms with van der Waals surface area (Å²) in [5, 5.41) is 6.18. The van der Waals surface area contributed by atoms with Crippen molar-refractivity contribution in [2.75, 3.05) is 27.2 Å². The highest BCUT2D eigenvalue weighted by Gasteiger charge is 2.53. The molecule has 106 valence electrons. The van der Waals surface area contributed by atoms with Crippen LogP contribution < -0.4 is 0 Å². The molecule has 1 atom stereocenters. The van der Waals surface area contributed by atoms with Gasteiger partial charge in [0.2, 0.25) is 11.9 Å². The van der Waals surface area contributed by atoms with E-state index in [4.69, 9.17) is 0 Å². The number of guanidine groups is 1. The molecule has 0 aromatic carbocycles. The average Bonchev–Trinajstić information content (AvgIpc) is 2.81. The SMILES string of the molecule is CCN1N=C(C)C[N+]2=C1N=C1C2C(=O)N(C)C(=O)N1C. The zero-order valence-electron chi connectivity index (χ0n) is 12.0. The quantitative estimate of drug-likeness (QED) is 0.599. The van der Waals surface area contributed by atoms with Crippen molar-refractivity contribution >= 4 is 29.4 Å². The van der Waals surface area contributed by atoms with E-state index >= 15 is 0 Å². The van der Waals surface area contributed by atoms with Crippen LogP contribution in [-0.2, 0) is 4.79 Å². The fraction of sp³-hybridized carbons (Fsp3) is 0.583. The molecule has 0 radical (unpaired) electrons. The highest BCUT2D eigenvalue weighted by molar-refractivity contribution is 6.23. The summed E-state index contributed by atoms with van der Waals surface area (Å²) in [5.41, 5.74) is 0.919. The number of hydrazone groups is 1. The molecule has 8 nitrogen and oxygen atoms in total. The van der Waals surface area contributed by atoms with Crippen LogP contribution >= 0.6 is 0 Å². The minimum absolute atomic E-state index is 0.243. The number of hydrogen-bond donors (Lipinski definition) is 0. The van der Waals surface area contributed by atoms with E-state index in [-0.39, 0.29) is 11.9 Å². The van der Waals surface area contributed by atoms with Gasteiger partial charge in [0.25, 0.3) is 5.91 Å². The zero-order chi connectivity index (χ0) is 14.6. The number of hydrogen-bond acceptors (Lipinski definition) is 5. The average molecular weight is 277 g/mol. The summed E-state index contributed by atoms with van der Waals surface area (Å²) in [7, 11) is 3.14. The minimum atomic E-state index is -0.530. The van der Waals surface area contributed by atoms with Crippen molar-refractivity contribution in [3.63, 3.8) is 0 Å². The van der Waals surface area contributed by atoms with Gasteiger partial charge in [-0.25, -0.2) is 9.37 Å². The van der Waals surface area contributed by atoms with Gasteiger partial charge in [0.05, 0.1) is 12.3 Å². The largest absolute Gasteiger partial charge is 0.416 e. The molecule has 0 aromatic heterocycles. The number of amidine groups is 1. The molecule has 1 unspecified atom stereocenters. The lowest BCUT2D eigenvalue weighted by atomic mass is 10.1. The first-order valence-electron chi connectivity index (χ1n) is 6.54. The van der Waals surface area contributed by atoms with E-state index in [1.807, 2.05) is 18.4 Å². The van der Waals surface area contributed by atoms with Crippen molar-refractivity contribution in [1.29, 1.82) is 0 Å². The summed E-state index contributed by atoms with van der Waals surface area (Å²) in [4.78, 5) is 31.4. The molecule has 1 saturated heterocycles.